The van der Waals surface area contributed by atoms with E-state index in [2.05, 4.69) is 47.2 Å². The van der Waals surface area contributed by atoms with Gasteiger partial charge in [0.05, 0.1) is 29.2 Å². The van der Waals surface area contributed by atoms with Gasteiger partial charge in [0.25, 0.3) is 11.8 Å². The van der Waals surface area contributed by atoms with E-state index in [0.717, 1.165) is 79.1 Å². The lowest BCUT2D eigenvalue weighted by Gasteiger charge is -2.42. The molecule has 13 nitrogen and oxygen atoms in total. The van der Waals surface area contributed by atoms with Gasteiger partial charge >= 0.3 is 0 Å². The summed E-state index contributed by atoms with van der Waals surface area (Å²) in [6.07, 6.45) is 9.51. The second kappa shape index (κ2) is 14.3. The fraction of sp³-hybridized carbons (Fsp3) is 0.447. The highest BCUT2D eigenvalue weighted by atomic mass is 16.2. The minimum Gasteiger partial charge on any atom is -0.354 e. The maximum atomic E-state index is 13.4. The van der Waals surface area contributed by atoms with E-state index in [1.54, 1.807) is 24.5 Å². The zero-order chi connectivity index (χ0) is 34.9. The quantitative estimate of drug-likeness (QED) is 0.253. The van der Waals surface area contributed by atoms with Gasteiger partial charge in [-0.1, -0.05) is 42.5 Å². The molecule has 3 fully saturated rings. The Kier molecular flexibility index (Phi) is 9.30. The molecule has 2 N–H and O–H groups in total. The second-order valence-electron chi connectivity index (χ2n) is 14.1. The first-order valence-corrected chi connectivity index (χ1v) is 18.2. The van der Waals surface area contributed by atoms with Crippen molar-refractivity contribution in [2.45, 2.75) is 69.5 Å². The lowest BCUT2D eigenvalue weighted by Crippen LogP contribution is -2.53. The Labute approximate surface area is 296 Å². The zero-order valence-corrected chi connectivity index (χ0v) is 28.7. The molecule has 1 unspecified atom stereocenters. The molecule has 2 aromatic heterocycles. The average Bonchev–Trinajstić information content (AvgIpc) is 3.69. The lowest BCUT2D eigenvalue weighted by molar-refractivity contribution is -0.126. The van der Waals surface area contributed by atoms with E-state index >= 15 is 0 Å². The number of fused-ring (bicyclic) bond motifs is 2. The third-order valence-corrected chi connectivity index (χ3v) is 11.1. The number of piperazine rings is 1. The maximum absolute atomic E-state index is 13.4. The van der Waals surface area contributed by atoms with Crippen molar-refractivity contribution in [1.29, 1.82) is 0 Å². The summed E-state index contributed by atoms with van der Waals surface area (Å²) in [6, 6.07) is 15.5. The van der Waals surface area contributed by atoms with Crippen molar-refractivity contribution in [2.24, 2.45) is 0 Å². The van der Waals surface area contributed by atoms with Crippen LogP contribution in [0.5, 0.6) is 0 Å². The Morgan fingerprint density at radius 1 is 0.882 bits per heavy atom. The van der Waals surface area contributed by atoms with Gasteiger partial charge in [-0.05, 0) is 56.6 Å². The van der Waals surface area contributed by atoms with E-state index in [0.29, 0.717) is 61.2 Å². The number of piperidine rings is 1. The zero-order valence-electron chi connectivity index (χ0n) is 28.7. The predicted molar refractivity (Wildman–Crippen MR) is 190 cm³/mol. The Hall–Kier alpha value is -5.01. The van der Waals surface area contributed by atoms with Gasteiger partial charge in [0.1, 0.15) is 18.1 Å². The number of rotatable bonds is 9. The fourth-order valence-electron chi connectivity index (χ4n) is 8.30. The summed E-state index contributed by atoms with van der Waals surface area (Å²) < 4.78 is 2.13. The summed E-state index contributed by atoms with van der Waals surface area (Å²) in [7, 11) is 0. The van der Waals surface area contributed by atoms with Crippen LogP contribution in [0.2, 0.25) is 0 Å². The van der Waals surface area contributed by atoms with Crippen LogP contribution in [-0.2, 0) is 16.0 Å². The first kappa shape index (κ1) is 33.2. The molecule has 3 aliphatic heterocycles. The number of nitrogens with zero attached hydrogens (tertiary/aromatic N) is 7. The monoisotopic (exact) mass is 689 g/mol. The van der Waals surface area contributed by atoms with Crippen LogP contribution in [0, 0.1) is 0 Å². The number of benzene rings is 2. The normalized spacial score (nSPS) is 23.0. The molecular formula is C38H43N9O4. The largest absolute Gasteiger partial charge is 0.354 e. The Morgan fingerprint density at radius 2 is 1.67 bits per heavy atom. The van der Waals surface area contributed by atoms with Crippen LogP contribution < -0.4 is 10.6 Å². The molecule has 5 heterocycles. The predicted octanol–water partition coefficient (Wildman–Crippen LogP) is 3.18. The van der Waals surface area contributed by atoms with E-state index in [9.17, 15) is 19.2 Å². The van der Waals surface area contributed by atoms with Gasteiger partial charge < -0.3 is 10.6 Å². The number of nitrogens with one attached hydrogen (secondary N) is 2. The molecule has 2 saturated heterocycles. The third-order valence-electron chi connectivity index (χ3n) is 11.1. The van der Waals surface area contributed by atoms with Crippen molar-refractivity contribution in [3.63, 3.8) is 0 Å². The number of hydrogen-bond acceptors (Lipinski definition) is 9. The summed E-state index contributed by atoms with van der Waals surface area (Å²) >= 11 is 0. The number of hydrogen-bond donors (Lipinski definition) is 2. The molecular weight excluding hydrogens is 646 g/mol. The lowest BCUT2D eigenvalue weighted by atomic mass is 9.90. The second-order valence-corrected chi connectivity index (χ2v) is 14.1. The highest BCUT2D eigenvalue weighted by Crippen LogP contribution is 2.36. The minimum absolute atomic E-state index is 0.0968. The molecule has 4 aromatic rings. The van der Waals surface area contributed by atoms with Crippen LogP contribution in [0.1, 0.15) is 77.3 Å². The molecule has 0 radical (unpaired) electrons. The van der Waals surface area contributed by atoms with Crippen molar-refractivity contribution in [2.75, 3.05) is 39.4 Å². The van der Waals surface area contributed by atoms with E-state index in [4.69, 9.17) is 5.10 Å². The van der Waals surface area contributed by atoms with E-state index in [-0.39, 0.29) is 18.2 Å². The molecule has 51 heavy (non-hydrogen) atoms. The average molecular weight is 690 g/mol. The van der Waals surface area contributed by atoms with Crippen LogP contribution in [0.15, 0.2) is 61.1 Å². The van der Waals surface area contributed by atoms with Gasteiger partial charge in [0.15, 0.2) is 5.65 Å². The van der Waals surface area contributed by atoms with Crippen molar-refractivity contribution in [3.8, 4) is 11.3 Å². The molecule has 0 bridgehead atoms. The highest BCUT2D eigenvalue weighted by molar-refractivity contribution is 6.23. The Balaban J connectivity index is 0.799. The first-order chi connectivity index (χ1) is 25.0. The molecule has 1 atom stereocenters. The topological polar surface area (TPSA) is 146 Å². The van der Waals surface area contributed by atoms with Gasteiger partial charge in [-0.3, -0.25) is 33.9 Å². The van der Waals surface area contributed by atoms with Crippen molar-refractivity contribution in [1.82, 2.24) is 45.1 Å². The van der Waals surface area contributed by atoms with E-state index in [1.807, 2.05) is 24.4 Å². The molecule has 8 rings (SSSR count). The molecule has 13 heteroatoms. The smallest absolute Gasteiger partial charge is 0.262 e. The van der Waals surface area contributed by atoms with Crippen LogP contribution >= 0.6 is 0 Å². The summed E-state index contributed by atoms with van der Waals surface area (Å²) in [4.78, 5) is 66.7. The summed E-state index contributed by atoms with van der Waals surface area (Å²) in [5, 5.41) is 11.9. The molecule has 4 aliphatic rings. The Morgan fingerprint density at radius 3 is 2.45 bits per heavy atom. The number of aromatic nitrogens is 4. The molecule has 4 amide bonds. The van der Waals surface area contributed by atoms with Gasteiger partial charge in [-0.25, -0.2) is 14.6 Å². The van der Waals surface area contributed by atoms with Gasteiger partial charge in [-0.2, -0.15) is 5.10 Å². The SMILES string of the molecule is O=C(CCc1cccc2c1C(=O)N(C1CCCNC1=O)C2=O)NCN1CCN(C2CCC(n3nc(-c4ccccc4)c4cncnc43)CC2)CC1. The maximum Gasteiger partial charge on any atom is 0.262 e. The number of imide groups is 1. The van der Waals surface area contributed by atoms with Crippen molar-refractivity contribution >= 4 is 34.7 Å². The summed E-state index contributed by atoms with van der Waals surface area (Å²) in [5.74, 6) is -1.27. The Bertz CT molecular complexity index is 1950. The van der Waals surface area contributed by atoms with Crippen LogP contribution in [-0.4, -0.2) is 110 Å². The first-order valence-electron chi connectivity index (χ1n) is 18.2. The number of carbonyl (C=O) groups excluding carboxylic acids is 4. The summed E-state index contributed by atoms with van der Waals surface area (Å²) in [6.45, 7) is 4.72. The molecule has 264 valence electrons. The van der Waals surface area contributed by atoms with Crippen LogP contribution in [0.25, 0.3) is 22.3 Å². The van der Waals surface area contributed by atoms with Crippen molar-refractivity contribution < 1.29 is 19.2 Å². The van der Waals surface area contributed by atoms with E-state index in [1.165, 1.54) is 0 Å². The number of aryl methyl sites for hydroxylation is 1. The molecule has 1 aliphatic carbocycles. The highest BCUT2D eigenvalue weighted by Gasteiger charge is 2.44. The van der Waals surface area contributed by atoms with Gasteiger partial charge in [0.2, 0.25) is 11.8 Å². The summed E-state index contributed by atoms with van der Waals surface area (Å²) in [5.41, 5.74) is 4.20. The van der Waals surface area contributed by atoms with Crippen molar-refractivity contribution in [3.05, 3.63) is 77.7 Å². The molecule has 0 spiro atoms. The molecule has 2 aromatic carbocycles. The fourth-order valence-corrected chi connectivity index (χ4v) is 8.30. The standard InChI is InChI=1S/C38H43N9O4/c48-32(16-11-25-8-4-9-29-33(25)38(51)46(37(29)50)31-10-5-17-40-36(31)49)42-24-44-18-20-45(21-19-44)27-12-14-28(15-13-27)47-35-30(22-39-23-41-35)34(43-47)26-6-2-1-3-7-26/h1-4,6-9,22-23,27-28,31H,5,10-21,24H2,(H,40,49)(H,42,48). The number of amides is 4. The van der Waals surface area contributed by atoms with E-state index < -0.39 is 17.9 Å². The van der Waals surface area contributed by atoms with Crippen LogP contribution in [0.4, 0.5) is 0 Å². The molecule has 1 saturated carbocycles. The van der Waals surface area contributed by atoms with Gasteiger partial charge in [0, 0.05) is 56.9 Å². The minimum atomic E-state index is -0.787. The third kappa shape index (κ3) is 6.51. The number of carbonyl (C=O) groups is 4. The van der Waals surface area contributed by atoms with Crippen LogP contribution in [0.3, 0.4) is 0 Å². The van der Waals surface area contributed by atoms with Gasteiger partial charge in [-0.15, -0.1) is 0 Å².